The number of ether oxygens (including phenoxy) is 3. The van der Waals surface area contributed by atoms with E-state index in [1.165, 1.54) is 12.1 Å². The van der Waals surface area contributed by atoms with Crippen molar-refractivity contribution in [2.45, 2.75) is 26.6 Å². The van der Waals surface area contributed by atoms with Gasteiger partial charge in [-0.05, 0) is 26.0 Å². The third-order valence-corrected chi connectivity index (χ3v) is 2.12. The fourth-order valence-corrected chi connectivity index (χ4v) is 1.42. The summed E-state index contributed by atoms with van der Waals surface area (Å²) in [7, 11) is 0. The molecule has 0 aliphatic carbocycles. The maximum atomic E-state index is 12.9. The highest BCUT2D eigenvalue weighted by Gasteiger charge is 2.07. The molecule has 0 radical (unpaired) electrons. The molecule has 1 rings (SSSR count). The predicted molar refractivity (Wildman–Crippen MR) is 63.6 cm³/mol. The van der Waals surface area contributed by atoms with Crippen LogP contribution >= 0.6 is 0 Å². The van der Waals surface area contributed by atoms with Crippen LogP contribution in [0.5, 0.6) is 5.75 Å². The van der Waals surface area contributed by atoms with Crippen molar-refractivity contribution in [2.75, 3.05) is 19.8 Å². The first-order valence-electron chi connectivity index (χ1n) is 5.87. The second kappa shape index (κ2) is 8.03. The fourth-order valence-electron chi connectivity index (χ4n) is 1.42. The van der Waals surface area contributed by atoms with E-state index in [2.05, 4.69) is 0 Å². The SMILES string of the molecule is CCOC(CCOc1cccc(F)c1)OCC. The summed E-state index contributed by atoms with van der Waals surface area (Å²) in [5, 5.41) is 0. The topological polar surface area (TPSA) is 27.7 Å². The van der Waals surface area contributed by atoms with Gasteiger partial charge in [0.15, 0.2) is 6.29 Å². The molecule has 0 saturated carbocycles. The Hall–Kier alpha value is -1.13. The number of benzene rings is 1. The Labute approximate surface area is 101 Å². The maximum Gasteiger partial charge on any atom is 0.160 e. The molecule has 17 heavy (non-hydrogen) atoms. The Bertz CT molecular complexity index is 311. The average molecular weight is 242 g/mol. The molecule has 0 atom stereocenters. The van der Waals surface area contributed by atoms with Crippen molar-refractivity contribution in [3.05, 3.63) is 30.1 Å². The summed E-state index contributed by atoms with van der Waals surface area (Å²) in [4.78, 5) is 0. The summed E-state index contributed by atoms with van der Waals surface area (Å²) in [5.41, 5.74) is 0. The minimum absolute atomic E-state index is 0.251. The molecule has 1 aromatic rings. The maximum absolute atomic E-state index is 12.9. The van der Waals surface area contributed by atoms with E-state index in [9.17, 15) is 4.39 Å². The van der Waals surface area contributed by atoms with Crippen LogP contribution in [0.15, 0.2) is 24.3 Å². The molecular weight excluding hydrogens is 223 g/mol. The van der Waals surface area contributed by atoms with Gasteiger partial charge < -0.3 is 14.2 Å². The molecule has 1 aromatic carbocycles. The Balaban J connectivity index is 2.30. The van der Waals surface area contributed by atoms with Gasteiger partial charge in [-0.15, -0.1) is 0 Å². The van der Waals surface area contributed by atoms with Gasteiger partial charge in [-0.1, -0.05) is 6.07 Å². The third-order valence-electron chi connectivity index (χ3n) is 2.12. The summed E-state index contributed by atoms with van der Waals surface area (Å²) >= 11 is 0. The number of halogens is 1. The van der Waals surface area contributed by atoms with E-state index >= 15 is 0 Å². The van der Waals surface area contributed by atoms with E-state index in [4.69, 9.17) is 14.2 Å². The number of hydrogen-bond donors (Lipinski definition) is 0. The van der Waals surface area contributed by atoms with Crippen LogP contribution in [0.1, 0.15) is 20.3 Å². The Kier molecular flexibility index (Phi) is 6.58. The van der Waals surface area contributed by atoms with Gasteiger partial charge in [0, 0.05) is 25.7 Å². The molecule has 0 heterocycles. The van der Waals surface area contributed by atoms with Gasteiger partial charge in [-0.25, -0.2) is 4.39 Å². The molecule has 0 N–H and O–H groups in total. The van der Waals surface area contributed by atoms with Crippen LogP contribution in [0, 0.1) is 5.82 Å². The number of rotatable bonds is 8. The van der Waals surface area contributed by atoms with Crippen LogP contribution in [0.25, 0.3) is 0 Å². The molecule has 0 aliphatic heterocycles. The molecule has 0 aromatic heterocycles. The largest absolute Gasteiger partial charge is 0.493 e. The predicted octanol–water partition coefficient (Wildman–Crippen LogP) is 2.99. The molecule has 0 fully saturated rings. The van der Waals surface area contributed by atoms with Crippen LogP contribution in [0.3, 0.4) is 0 Å². The second-order valence-corrected chi connectivity index (χ2v) is 3.43. The third kappa shape index (κ3) is 5.65. The van der Waals surface area contributed by atoms with Crippen molar-refractivity contribution in [3.63, 3.8) is 0 Å². The molecule has 0 bridgehead atoms. The van der Waals surface area contributed by atoms with Crippen LogP contribution in [0.2, 0.25) is 0 Å². The normalized spacial score (nSPS) is 10.8. The lowest BCUT2D eigenvalue weighted by Crippen LogP contribution is -2.20. The van der Waals surface area contributed by atoms with Crippen molar-refractivity contribution in [3.8, 4) is 5.75 Å². The van der Waals surface area contributed by atoms with Crippen molar-refractivity contribution < 1.29 is 18.6 Å². The van der Waals surface area contributed by atoms with Crippen molar-refractivity contribution in [1.29, 1.82) is 0 Å². The van der Waals surface area contributed by atoms with E-state index < -0.39 is 0 Å². The molecule has 4 heteroatoms. The van der Waals surface area contributed by atoms with Gasteiger partial charge in [0.2, 0.25) is 0 Å². The van der Waals surface area contributed by atoms with Crippen LogP contribution in [-0.2, 0) is 9.47 Å². The van der Waals surface area contributed by atoms with E-state index in [0.29, 0.717) is 32.0 Å². The van der Waals surface area contributed by atoms with Gasteiger partial charge >= 0.3 is 0 Å². The lowest BCUT2D eigenvalue weighted by molar-refractivity contribution is -0.142. The van der Waals surface area contributed by atoms with E-state index in [0.717, 1.165) is 0 Å². The van der Waals surface area contributed by atoms with E-state index in [-0.39, 0.29) is 12.1 Å². The Morgan fingerprint density at radius 2 is 1.88 bits per heavy atom. The first-order valence-corrected chi connectivity index (χ1v) is 5.87. The molecule has 0 unspecified atom stereocenters. The lowest BCUT2D eigenvalue weighted by Gasteiger charge is -2.16. The molecule has 3 nitrogen and oxygen atoms in total. The molecular formula is C13H19FO3. The van der Waals surface area contributed by atoms with Gasteiger partial charge in [0.1, 0.15) is 11.6 Å². The van der Waals surface area contributed by atoms with Gasteiger partial charge in [0.25, 0.3) is 0 Å². The molecule has 0 saturated heterocycles. The van der Waals surface area contributed by atoms with Gasteiger partial charge in [-0.2, -0.15) is 0 Å². The summed E-state index contributed by atoms with van der Waals surface area (Å²) in [5.74, 6) is 0.227. The quantitative estimate of drug-likeness (QED) is 0.656. The summed E-state index contributed by atoms with van der Waals surface area (Å²) in [6, 6.07) is 6.08. The molecule has 96 valence electrons. The monoisotopic (exact) mass is 242 g/mol. The van der Waals surface area contributed by atoms with E-state index in [1.54, 1.807) is 12.1 Å². The summed E-state index contributed by atoms with van der Waals surface area (Å²) < 4.78 is 29.0. The average Bonchev–Trinajstić information content (AvgIpc) is 2.30. The zero-order chi connectivity index (χ0) is 12.5. The Morgan fingerprint density at radius 1 is 1.18 bits per heavy atom. The first-order chi connectivity index (χ1) is 8.26. The zero-order valence-electron chi connectivity index (χ0n) is 10.3. The Morgan fingerprint density at radius 3 is 2.47 bits per heavy atom. The van der Waals surface area contributed by atoms with Crippen molar-refractivity contribution >= 4 is 0 Å². The highest BCUT2D eigenvalue weighted by atomic mass is 19.1. The van der Waals surface area contributed by atoms with Crippen LogP contribution < -0.4 is 4.74 Å². The minimum Gasteiger partial charge on any atom is -0.493 e. The van der Waals surface area contributed by atoms with Crippen molar-refractivity contribution in [1.82, 2.24) is 0 Å². The smallest absolute Gasteiger partial charge is 0.160 e. The summed E-state index contributed by atoms with van der Waals surface area (Å²) in [6.07, 6.45) is 0.372. The molecule has 0 amide bonds. The van der Waals surface area contributed by atoms with Crippen molar-refractivity contribution in [2.24, 2.45) is 0 Å². The first kappa shape index (κ1) is 13.9. The van der Waals surface area contributed by atoms with Gasteiger partial charge in [0.05, 0.1) is 6.61 Å². The van der Waals surface area contributed by atoms with E-state index in [1.807, 2.05) is 13.8 Å². The van der Waals surface area contributed by atoms with Crippen LogP contribution in [0.4, 0.5) is 4.39 Å². The number of hydrogen-bond acceptors (Lipinski definition) is 3. The molecule has 0 aliphatic rings. The lowest BCUT2D eigenvalue weighted by atomic mass is 10.3. The second-order valence-electron chi connectivity index (χ2n) is 3.43. The van der Waals surface area contributed by atoms with Crippen LogP contribution in [-0.4, -0.2) is 26.1 Å². The zero-order valence-corrected chi connectivity index (χ0v) is 10.3. The van der Waals surface area contributed by atoms with Gasteiger partial charge in [-0.3, -0.25) is 0 Å². The fraction of sp³-hybridized carbons (Fsp3) is 0.538. The minimum atomic E-state index is -0.298. The highest BCUT2D eigenvalue weighted by molar-refractivity contribution is 5.22. The molecule has 0 spiro atoms. The highest BCUT2D eigenvalue weighted by Crippen LogP contribution is 2.12. The standard InChI is InChI=1S/C13H19FO3/c1-3-15-13(16-4-2)8-9-17-12-7-5-6-11(14)10-12/h5-7,10,13H,3-4,8-9H2,1-2H3. The summed E-state index contributed by atoms with van der Waals surface area (Å²) in [6.45, 7) is 5.47.